The number of benzene rings is 2. The van der Waals surface area contributed by atoms with Crippen molar-refractivity contribution in [1.29, 1.82) is 0 Å². The molecule has 10 amide bonds. The molecule has 85 heavy (non-hydrogen) atoms. The Morgan fingerprint density at radius 3 is 1.53 bits per heavy atom. The average Bonchev–Trinajstić information content (AvgIpc) is 3.99. The fourth-order valence-electron chi connectivity index (χ4n) is 8.79. The van der Waals surface area contributed by atoms with Gasteiger partial charge in [0.2, 0.25) is 59.1 Å². The highest BCUT2D eigenvalue weighted by molar-refractivity contribution is 7.98. The summed E-state index contributed by atoms with van der Waals surface area (Å²) in [6.07, 6.45) is 4.25. The topological polar surface area (TPSA) is 425 Å². The first kappa shape index (κ1) is 71.2. The SMILES string of the molecule is CSCC[C@H](NC(=O)[C@H](CC(C)C)NC(=O)CNC(=O)[C@H](C(C)C)N(C)C(=O)[C@H](Cc1ccccc1)NC(=O)[C@H](Cc1ccccc1)NC(=O)[C@H](CC(=O)O)NC(=O)[C@H](Cc1cnc[nH]1)NC(=O)[C@H](CCSC)NC(=O)[C@@H](N)CC(=O)O)C(N)=O. The molecule has 0 spiro atoms. The van der Waals surface area contributed by atoms with Crippen molar-refractivity contribution in [2.24, 2.45) is 23.3 Å². The smallest absolute Gasteiger partial charge is 0.305 e. The number of carboxylic acid groups (broad SMARTS) is 2. The lowest BCUT2D eigenvalue weighted by Gasteiger charge is -2.34. The van der Waals surface area contributed by atoms with Crippen LogP contribution in [0.4, 0.5) is 0 Å². The third kappa shape index (κ3) is 25.4. The van der Waals surface area contributed by atoms with Crippen LogP contribution in [0.25, 0.3) is 0 Å². The predicted octanol–water partition coefficient (Wildman–Crippen LogP) is -1.26. The number of aromatic nitrogens is 2. The minimum absolute atomic E-state index is 0.0126. The van der Waals surface area contributed by atoms with Gasteiger partial charge in [0.1, 0.15) is 48.3 Å². The lowest BCUT2D eigenvalue weighted by molar-refractivity contribution is -0.144. The summed E-state index contributed by atoms with van der Waals surface area (Å²) in [6.45, 7) is 6.37. The van der Waals surface area contributed by atoms with Gasteiger partial charge in [-0.1, -0.05) is 88.4 Å². The summed E-state index contributed by atoms with van der Waals surface area (Å²) in [4.78, 5) is 169. The molecule has 2 aromatic carbocycles. The molecule has 0 unspecified atom stereocenters. The van der Waals surface area contributed by atoms with Crippen molar-refractivity contribution >= 4 is 94.5 Å². The van der Waals surface area contributed by atoms with Gasteiger partial charge in [-0.3, -0.25) is 57.5 Å². The van der Waals surface area contributed by atoms with Crippen LogP contribution in [0.2, 0.25) is 0 Å². The minimum Gasteiger partial charge on any atom is -0.481 e. The quantitative estimate of drug-likeness (QED) is 0.0319. The Hall–Kier alpha value is -8.05. The Bertz CT molecular complexity index is 2730. The Morgan fingerprint density at radius 1 is 0.576 bits per heavy atom. The number of H-pyrrole nitrogens is 1. The molecule has 0 saturated carbocycles. The lowest BCUT2D eigenvalue weighted by atomic mass is 9.98. The molecule has 9 atom stereocenters. The molecule has 27 nitrogen and oxygen atoms in total. The van der Waals surface area contributed by atoms with E-state index in [-0.39, 0.29) is 44.4 Å². The molecule has 0 aliphatic heterocycles. The molecule has 466 valence electrons. The molecule has 0 radical (unpaired) electrons. The first-order chi connectivity index (χ1) is 40.2. The standard InChI is InChI=1S/C56H81N13O14S2/c1-31(2)22-39(51(78)63-37(48(58)75)18-20-84-6)62-44(70)29-60-55(82)47(32(3)4)69(5)56(83)43(24-34-16-12-9-13-17-34)68-52(79)40(23-33-14-10-8-11-15-33)65-54(81)42(27-46(73)74)67-53(80)41(25-35-28-59-30-61-35)66-50(77)38(19-21-85-7)64-49(76)36(57)26-45(71)72/h8-17,28,30-32,36-43,47H,18-27,29,57H2,1-7H3,(H2,58,75)(H,59,61)(H,60,82)(H,62,70)(H,63,78)(H,64,76)(H,65,81)(H,66,77)(H,67,80)(H,68,79)(H,71,72)(H,73,74)/t36-,37-,38-,39-,40-,41-,42-,43-,47-/m0/s1. The van der Waals surface area contributed by atoms with Gasteiger partial charge in [-0.15, -0.1) is 0 Å². The number of primary amides is 1. The van der Waals surface area contributed by atoms with E-state index >= 15 is 0 Å². The van der Waals surface area contributed by atoms with Crippen molar-refractivity contribution in [2.75, 3.05) is 37.6 Å². The monoisotopic (exact) mass is 1220 g/mol. The first-order valence-corrected chi connectivity index (χ1v) is 30.2. The summed E-state index contributed by atoms with van der Waals surface area (Å²) in [5.74, 6) is -11.4. The van der Waals surface area contributed by atoms with E-state index in [1.54, 1.807) is 80.8 Å². The van der Waals surface area contributed by atoms with Crippen LogP contribution < -0.4 is 54.0 Å². The van der Waals surface area contributed by atoms with Gasteiger partial charge in [-0.05, 0) is 66.2 Å². The molecule has 1 aromatic heterocycles. The molecule has 1 heterocycles. The van der Waals surface area contributed by atoms with Crippen molar-refractivity contribution in [3.05, 3.63) is 90.0 Å². The zero-order valence-electron chi connectivity index (χ0n) is 48.7. The first-order valence-electron chi connectivity index (χ1n) is 27.4. The van der Waals surface area contributed by atoms with Gasteiger partial charge in [-0.25, -0.2) is 4.98 Å². The summed E-state index contributed by atoms with van der Waals surface area (Å²) < 4.78 is 0. The second kappa shape index (κ2) is 36.6. The number of aromatic amines is 1. The molecule has 29 heteroatoms. The van der Waals surface area contributed by atoms with Gasteiger partial charge >= 0.3 is 11.9 Å². The van der Waals surface area contributed by atoms with Crippen LogP contribution in [0.1, 0.15) is 76.6 Å². The van der Waals surface area contributed by atoms with Crippen molar-refractivity contribution < 1.29 is 67.7 Å². The summed E-state index contributed by atoms with van der Waals surface area (Å²) in [5, 5.41) is 39.6. The number of aliphatic carboxylic acids is 2. The molecular formula is C56H81N13O14S2. The van der Waals surface area contributed by atoms with Gasteiger partial charge in [0.15, 0.2) is 0 Å². The largest absolute Gasteiger partial charge is 0.481 e. The Morgan fingerprint density at radius 2 is 1.04 bits per heavy atom. The van der Waals surface area contributed by atoms with E-state index in [4.69, 9.17) is 16.6 Å². The normalized spacial score (nSPS) is 14.3. The van der Waals surface area contributed by atoms with Crippen LogP contribution in [0.3, 0.4) is 0 Å². The van der Waals surface area contributed by atoms with Crippen molar-refractivity contribution in [3.63, 3.8) is 0 Å². The molecular weight excluding hydrogens is 1140 g/mol. The van der Waals surface area contributed by atoms with Gasteiger partial charge in [-0.2, -0.15) is 23.5 Å². The van der Waals surface area contributed by atoms with E-state index < -0.39 is 151 Å². The minimum atomic E-state index is -1.90. The summed E-state index contributed by atoms with van der Waals surface area (Å²) in [6, 6.07) is 4.29. The second-order valence-electron chi connectivity index (χ2n) is 20.9. The molecule has 0 aliphatic rings. The molecule has 3 aromatic rings. The molecule has 0 bridgehead atoms. The van der Waals surface area contributed by atoms with Gasteiger partial charge < -0.3 is 74.1 Å². The second-order valence-corrected chi connectivity index (χ2v) is 22.9. The third-order valence-electron chi connectivity index (χ3n) is 13.1. The number of nitrogens with zero attached hydrogens (tertiary/aromatic N) is 2. The molecule has 3 rings (SSSR count). The van der Waals surface area contributed by atoms with Gasteiger partial charge in [0.05, 0.1) is 31.8 Å². The van der Waals surface area contributed by atoms with Crippen LogP contribution in [0.15, 0.2) is 73.2 Å². The van der Waals surface area contributed by atoms with Gasteiger partial charge in [0.25, 0.3) is 0 Å². The van der Waals surface area contributed by atoms with Crippen LogP contribution in [0.5, 0.6) is 0 Å². The van der Waals surface area contributed by atoms with Crippen molar-refractivity contribution in [1.82, 2.24) is 57.4 Å². The summed E-state index contributed by atoms with van der Waals surface area (Å²) in [5.41, 5.74) is 12.7. The van der Waals surface area contributed by atoms with Crippen LogP contribution >= 0.6 is 23.5 Å². The highest BCUT2D eigenvalue weighted by atomic mass is 32.2. The highest BCUT2D eigenvalue weighted by Crippen LogP contribution is 2.16. The fraction of sp³-hybridized carbons (Fsp3) is 0.518. The number of nitrogens with two attached hydrogens (primary N) is 2. The number of carbonyl (C=O) groups excluding carboxylic acids is 10. The van der Waals surface area contributed by atoms with Crippen LogP contribution in [-0.2, 0) is 76.8 Å². The zero-order valence-corrected chi connectivity index (χ0v) is 50.3. The zero-order chi connectivity index (χ0) is 63.3. The number of rotatable bonds is 38. The van der Waals surface area contributed by atoms with E-state index in [0.717, 1.165) is 4.90 Å². The van der Waals surface area contributed by atoms with E-state index in [9.17, 15) is 62.6 Å². The van der Waals surface area contributed by atoms with Crippen LogP contribution in [-0.4, -0.2) is 188 Å². The summed E-state index contributed by atoms with van der Waals surface area (Å²) in [7, 11) is 1.34. The maximum Gasteiger partial charge on any atom is 0.305 e. The Balaban J connectivity index is 1.95. The average molecular weight is 1220 g/mol. The van der Waals surface area contributed by atoms with Crippen molar-refractivity contribution in [3.8, 4) is 0 Å². The number of imidazole rings is 1. The summed E-state index contributed by atoms with van der Waals surface area (Å²) >= 11 is 2.78. The molecule has 0 aliphatic carbocycles. The number of hydrogen-bond donors (Lipinski definition) is 13. The number of thioether (sulfide) groups is 2. The highest BCUT2D eigenvalue weighted by Gasteiger charge is 2.38. The van der Waals surface area contributed by atoms with E-state index in [1.807, 2.05) is 20.1 Å². The molecule has 0 saturated heterocycles. The van der Waals surface area contributed by atoms with Crippen LogP contribution in [0, 0.1) is 11.8 Å². The Kier molecular flexibility index (Phi) is 30.7. The van der Waals surface area contributed by atoms with E-state index in [2.05, 4.69) is 52.5 Å². The number of carbonyl (C=O) groups is 12. The number of nitrogens with one attached hydrogen (secondary N) is 9. The third-order valence-corrected chi connectivity index (χ3v) is 14.4. The molecule has 0 fully saturated rings. The maximum absolute atomic E-state index is 14.8. The van der Waals surface area contributed by atoms with Crippen molar-refractivity contribution in [2.45, 2.75) is 133 Å². The fourth-order valence-corrected chi connectivity index (χ4v) is 9.74. The number of carboxylic acids is 2. The maximum atomic E-state index is 14.8. The number of amides is 10. The van der Waals surface area contributed by atoms with Gasteiger partial charge in [0, 0.05) is 38.2 Å². The predicted molar refractivity (Wildman–Crippen MR) is 318 cm³/mol. The van der Waals surface area contributed by atoms with E-state index in [1.165, 1.54) is 43.1 Å². The molecule has 15 N–H and O–H groups in total. The number of hydrogen-bond acceptors (Lipinski definition) is 16. The number of likely N-dealkylation sites (N-methyl/N-ethyl adjacent to an activating group) is 1. The Labute approximate surface area is 502 Å². The van der Waals surface area contributed by atoms with E-state index in [0.29, 0.717) is 28.3 Å². The lowest BCUT2D eigenvalue weighted by Crippen LogP contribution is -2.61.